The zero-order chi connectivity index (χ0) is 14.2. The van der Waals surface area contributed by atoms with Crippen LogP contribution in [0.5, 0.6) is 0 Å². The summed E-state index contributed by atoms with van der Waals surface area (Å²) in [5.74, 6) is -2.17. The van der Waals surface area contributed by atoms with Crippen LogP contribution >= 0.6 is 22.7 Å². The predicted molar refractivity (Wildman–Crippen MR) is 65.6 cm³/mol. The molecule has 9 heteroatoms. The van der Waals surface area contributed by atoms with Crippen molar-refractivity contribution in [2.45, 2.75) is 13.8 Å². The Hall–Kier alpha value is -1.11. The van der Waals surface area contributed by atoms with Gasteiger partial charge in [-0.1, -0.05) is 0 Å². The van der Waals surface area contributed by atoms with Crippen LogP contribution in [-0.2, 0) is 30.7 Å². The largest absolute Gasteiger partial charge is 2.00 e. The summed E-state index contributed by atoms with van der Waals surface area (Å²) in [6.45, 7) is 1.94. The Morgan fingerprint density at radius 3 is 1.21 bits per heavy atom. The van der Waals surface area contributed by atoms with E-state index in [-0.39, 0.29) is 21.1 Å². The number of hydrogen-bond acceptors (Lipinski definition) is 8. The zero-order valence-corrected chi connectivity index (χ0v) is 14.0. The first-order chi connectivity index (χ1) is 8.46. The van der Waals surface area contributed by atoms with E-state index in [4.69, 9.17) is 19.8 Å². The minimum Gasteiger partial charge on any atom is -0.550 e. The van der Waals surface area contributed by atoms with Gasteiger partial charge >= 0.3 is 21.1 Å². The third-order valence-corrected chi connectivity index (χ3v) is 1.74. The van der Waals surface area contributed by atoms with Gasteiger partial charge in [-0.05, 0) is 13.8 Å². The number of carbonyl (C=O) groups is 2. The van der Waals surface area contributed by atoms with Gasteiger partial charge in [-0.2, -0.15) is 0 Å². The molecule has 0 saturated carbocycles. The summed E-state index contributed by atoms with van der Waals surface area (Å²) in [7, 11) is 0. The number of carbonyl (C=O) groups excluding carboxylic acids is 2. The molecule has 0 N–H and O–H groups in total. The zero-order valence-electron chi connectivity index (χ0n) is 10.1. The summed E-state index contributed by atoms with van der Waals surface area (Å²) in [4.78, 5) is 25.3. The van der Waals surface area contributed by atoms with Gasteiger partial charge in [0.1, 0.15) is 0 Å². The fourth-order valence-corrected chi connectivity index (χ4v) is 1.05. The van der Waals surface area contributed by atoms with Gasteiger partial charge in [0.2, 0.25) is 0 Å². The molecule has 0 unspecified atom stereocenters. The maximum Gasteiger partial charge on any atom is 2.00 e. The van der Waals surface area contributed by atoms with Crippen LogP contribution in [0.2, 0.25) is 0 Å². The minimum absolute atomic E-state index is 0. The Labute approximate surface area is 133 Å². The Bertz CT molecular complexity index is 301. The van der Waals surface area contributed by atoms with E-state index in [0.717, 1.165) is 13.8 Å². The van der Waals surface area contributed by atoms with Crippen molar-refractivity contribution >= 4 is 34.6 Å². The maximum absolute atomic E-state index is 8.89. The first kappa shape index (κ1) is 23.0. The van der Waals surface area contributed by atoms with E-state index in [9.17, 15) is 0 Å². The van der Waals surface area contributed by atoms with E-state index < -0.39 is 11.9 Å². The summed E-state index contributed by atoms with van der Waals surface area (Å²) in [6.07, 6.45) is 3.54. The molecule has 2 rings (SSSR count). The van der Waals surface area contributed by atoms with Crippen molar-refractivity contribution in [3.05, 3.63) is 34.2 Å². The average Bonchev–Trinajstić information content (AvgIpc) is 2.96. The van der Waals surface area contributed by atoms with Gasteiger partial charge in [0.05, 0.1) is 11.0 Å². The molecule has 2 aromatic rings. The third-order valence-electron chi connectivity index (χ3n) is 0.694. The first-order valence-electron chi connectivity index (χ1n) is 4.46. The van der Waals surface area contributed by atoms with E-state index in [0.29, 0.717) is 0 Å². The number of hydrogen-bond donors (Lipinski definition) is 0. The van der Waals surface area contributed by atoms with Crippen molar-refractivity contribution in [3.8, 4) is 0 Å². The molecule has 0 saturated heterocycles. The van der Waals surface area contributed by atoms with E-state index in [1.54, 1.807) is 46.1 Å². The number of rotatable bonds is 0. The summed E-state index contributed by atoms with van der Waals surface area (Å²) < 4.78 is 0. The molecular formula is C10H12N2O4PtS2. The molecule has 6 nitrogen and oxygen atoms in total. The van der Waals surface area contributed by atoms with Crippen LogP contribution in [-0.4, -0.2) is 21.9 Å². The van der Waals surface area contributed by atoms with E-state index in [1.807, 2.05) is 10.8 Å². The van der Waals surface area contributed by atoms with Crippen LogP contribution in [0.3, 0.4) is 0 Å². The molecule has 0 amide bonds. The molecule has 2 aromatic heterocycles. The molecule has 0 atom stereocenters. The maximum atomic E-state index is 8.89. The van der Waals surface area contributed by atoms with Crippen molar-refractivity contribution in [2.75, 3.05) is 0 Å². The number of nitrogens with zero attached hydrogens (tertiary/aromatic N) is 2. The minimum atomic E-state index is -1.08. The van der Waals surface area contributed by atoms with Crippen molar-refractivity contribution in [1.29, 1.82) is 0 Å². The van der Waals surface area contributed by atoms with Gasteiger partial charge in [-0.25, -0.2) is 0 Å². The van der Waals surface area contributed by atoms with Crippen LogP contribution in [0.4, 0.5) is 0 Å². The normalized spacial score (nSPS) is 6.84. The Kier molecular flexibility index (Phi) is 23.3. The van der Waals surface area contributed by atoms with Gasteiger partial charge in [0, 0.05) is 35.1 Å². The summed E-state index contributed by atoms with van der Waals surface area (Å²) >= 11 is 3.20. The number of carboxylic acids is 2. The average molecular weight is 483 g/mol. The van der Waals surface area contributed by atoms with Gasteiger partial charge in [-0.15, -0.1) is 22.7 Å². The SMILES string of the molecule is CC(=O)[O-].CC(=O)[O-].[Pt+2].c1cscn1.c1cscn1. The Balaban J connectivity index is -0.000000178. The quantitative estimate of drug-likeness (QED) is 0.514. The van der Waals surface area contributed by atoms with Crippen LogP contribution in [0, 0.1) is 0 Å². The molecule has 0 aliphatic rings. The number of aliphatic carboxylic acids is 2. The van der Waals surface area contributed by atoms with Crippen molar-refractivity contribution < 1.29 is 40.9 Å². The molecule has 0 radical (unpaired) electrons. The Morgan fingerprint density at radius 2 is 1.16 bits per heavy atom. The molecule has 108 valence electrons. The first-order valence-corrected chi connectivity index (χ1v) is 6.34. The van der Waals surface area contributed by atoms with Crippen molar-refractivity contribution in [1.82, 2.24) is 9.97 Å². The van der Waals surface area contributed by atoms with E-state index >= 15 is 0 Å². The van der Waals surface area contributed by atoms with E-state index in [1.165, 1.54) is 0 Å². The van der Waals surface area contributed by atoms with Gasteiger partial charge in [-0.3, -0.25) is 9.97 Å². The van der Waals surface area contributed by atoms with Crippen LogP contribution in [0.25, 0.3) is 0 Å². The Morgan fingerprint density at radius 1 is 0.895 bits per heavy atom. The van der Waals surface area contributed by atoms with Gasteiger partial charge < -0.3 is 19.8 Å². The summed E-state index contributed by atoms with van der Waals surface area (Å²) in [6, 6.07) is 0. The molecule has 0 fully saturated rings. The molecule has 0 spiro atoms. The second-order valence-electron chi connectivity index (χ2n) is 2.33. The molecule has 2 heterocycles. The second kappa shape index (κ2) is 19.2. The molecule has 19 heavy (non-hydrogen) atoms. The third kappa shape index (κ3) is 47.4. The topological polar surface area (TPSA) is 106 Å². The van der Waals surface area contributed by atoms with Crippen LogP contribution in [0.15, 0.2) is 34.2 Å². The molecular weight excluding hydrogens is 471 g/mol. The number of thiazole rings is 2. The summed E-state index contributed by atoms with van der Waals surface area (Å²) in [5.41, 5.74) is 3.58. The fraction of sp³-hybridized carbons (Fsp3) is 0.200. The van der Waals surface area contributed by atoms with Crippen molar-refractivity contribution in [3.63, 3.8) is 0 Å². The molecule has 0 bridgehead atoms. The number of aromatic nitrogens is 2. The predicted octanol–water partition coefficient (Wildman–Crippen LogP) is -0.204. The van der Waals surface area contributed by atoms with Crippen LogP contribution < -0.4 is 10.2 Å². The van der Waals surface area contributed by atoms with Gasteiger partial charge in [0.15, 0.2) is 0 Å². The van der Waals surface area contributed by atoms with E-state index in [2.05, 4.69) is 9.97 Å². The number of carboxylic acid groups (broad SMARTS) is 2. The second-order valence-corrected chi connectivity index (χ2v) is 3.84. The van der Waals surface area contributed by atoms with Crippen LogP contribution in [0.1, 0.15) is 13.8 Å². The summed E-state index contributed by atoms with van der Waals surface area (Å²) in [5, 5.41) is 21.6. The van der Waals surface area contributed by atoms with Crippen molar-refractivity contribution in [2.24, 2.45) is 0 Å². The smallest absolute Gasteiger partial charge is 0.550 e. The standard InChI is InChI=1S/2C3H3NS.2C2H4O2.Pt/c2*1-2-5-3-4-1;2*1-2(3)4;/h2*1-3H;2*1H3,(H,3,4);/q;;;;+2/p-2. The molecule has 0 aromatic carbocycles. The monoisotopic (exact) mass is 483 g/mol. The van der Waals surface area contributed by atoms with Gasteiger partial charge in [0.25, 0.3) is 0 Å². The molecule has 0 aliphatic heterocycles. The fourth-order valence-electron chi connectivity index (χ4n) is 0.351. The molecule has 0 aliphatic carbocycles.